The van der Waals surface area contributed by atoms with Gasteiger partial charge < -0.3 is 5.32 Å². The first-order valence-electron chi connectivity index (χ1n) is 6.53. The minimum absolute atomic E-state index is 0.200. The highest BCUT2D eigenvalue weighted by atomic mass is 79.9. The van der Waals surface area contributed by atoms with Gasteiger partial charge in [-0.1, -0.05) is 31.9 Å². The van der Waals surface area contributed by atoms with Crippen molar-refractivity contribution in [3.8, 4) is 0 Å². The standard InChI is InChI=1S/C14H18Br2N4/c1-9(2)20-14(18-8-19-20)7-13(17-3)10-4-11(15)6-12(16)5-10/h4-6,8-9,13,17H,7H2,1-3H3. The monoisotopic (exact) mass is 400 g/mol. The van der Waals surface area contributed by atoms with Gasteiger partial charge in [0.05, 0.1) is 0 Å². The van der Waals surface area contributed by atoms with Crippen molar-refractivity contribution >= 4 is 31.9 Å². The van der Waals surface area contributed by atoms with Gasteiger partial charge in [0.2, 0.25) is 0 Å². The van der Waals surface area contributed by atoms with Crippen LogP contribution >= 0.6 is 31.9 Å². The number of benzene rings is 1. The molecule has 0 spiro atoms. The van der Waals surface area contributed by atoms with E-state index in [9.17, 15) is 0 Å². The van der Waals surface area contributed by atoms with E-state index < -0.39 is 0 Å². The molecule has 1 aromatic carbocycles. The highest BCUT2D eigenvalue weighted by Gasteiger charge is 2.16. The van der Waals surface area contributed by atoms with Crippen molar-refractivity contribution in [1.82, 2.24) is 20.1 Å². The Bertz CT molecular complexity index is 560. The Morgan fingerprint density at radius 3 is 2.40 bits per heavy atom. The highest BCUT2D eigenvalue weighted by molar-refractivity contribution is 9.11. The van der Waals surface area contributed by atoms with Gasteiger partial charge in [0, 0.05) is 27.4 Å². The molecule has 2 aromatic rings. The molecule has 0 aliphatic rings. The number of likely N-dealkylation sites (N-methyl/N-ethyl adjacent to an activating group) is 1. The predicted molar refractivity (Wildman–Crippen MR) is 87.8 cm³/mol. The average molecular weight is 402 g/mol. The maximum atomic E-state index is 4.38. The van der Waals surface area contributed by atoms with Gasteiger partial charge in [-0.05, 0) is 44.7 Å². The molecule has 0 amide bonds. The first-order valence-corrected chi connectivity index (χ1v) is 8.11. The molecule has 0 saturated carbocycles. The van der Waals surface area contributed by atoms with Crippen LogP contribution in [0.4, 0.5) is 0 Å². The largest absolute Gasteiger partial charge is 0.313 e. The molecule has 0 radical (unpaired) electrons. The lowest BCUT2D eigenvalue weighted by Crippen LogP contribution is -2.21. The van der Waals surface area contributed by atoms with E-state index in [1.807, 2.05) is 17.8 Å². The summed E-state index contributed by atoms with van der Waals surface area (Å²) in [4.78, 5) is 4.38. The maximum Gasteiger partial charge on any atom is 0.138 e. The number of nitrogens with zero attached hydrogens (tertiary/aromatic N) is 3. The lowest BCUT2D eigenvalue weighted by atomic mass is 10.0. The van der Waals surface area contributed by atoms with Gasteiger partial charge in [0.25, 0.3) is 0 Å². The Hall–Kier alpha value is -0.720. The summed E-state index contributed by atoms with van der Waals surface area (Å²) in [5.41, 5.74) is 1.21. The Labute approximate surface area is 136 Å². The van der Waals surface area contributed by atoms with Crippen LogP contribution in [0.25, 0.3) is 0 Å². The van der Waals surface area contributed by atoms with E-state index in [2.05, 4.69) is 73.2 Å². The summed E-state index contributed by atoms with van der Waals surface area (Å²) in [6.45, 7) is 4.23. The smallest absolute Gasteiger partial charge is 0.138 e. The van der Waals surface area contributed by atoms with Gasteiger partial charge in [-0.15, -0.1) is 0 Å². The second kappa shape index (κ2) is 6.83. The molecule has 1 heterocycles. The van der Waals surface area contributed by atoms with Gasteiger partial charge in [0.1, 0.15) is 12.2 Å². The fraction of sp³-hybridized carbons (Fsp3) is 0.429. The molecule has 0 aliphatic heterocycles. The number of hydrogen-bond acceptors (Lipinski definition) is 3. The van der Waals surface area contributed by atoms with Crippen LogP contribution < -0.4 is 5.32 Å². The van der Waals surface area contributed by atoms with Crippen LogP contribution in [-0.4, -0.2) is 21.8 Å². The molecule has 108 valence electrons. The first kappa shape index (κ1) is 15.7. The third kappa shape index (κ3) is 3.68. The second-order valence-electron chi connectivity index (χ2n) is 4.96. The van der Waals surface area contributed by atoms with E-state index in [0.717, 1.165) is 21.2 Å². The van der Waals surface area contributed by atoms with Gasteiger partial charge in [-0.2, -0.15) is 5.10 Å². The third-order valence-electron chi connectivity index (χ3n) is 3.16. The number of rotatable bonds is 5. The fourth-order valence-corrected chi connectivity index (χ4v) is 3.53. The van der Waals surface area contributed by atoms with E-state index in [1.165, 1.54) is 5.56 Å². The Balaban J connectivity index is 2.26. The second-order valence-corrected chi connectivity index (χ2v) is 6.79. The minimum atomic E-state index is 0.200. The lowest BCUT2D eigenvalue weighted by Gasteiger charge is -2.18. The van der Waals surface area contributed by atoms with Crippen molar-refractivity contribution in [1.29, 1.82) is 0 Å². The van der Waals surface area contributed by atoms with Gasteiger partial charge >= 0.3 is 0 Å². The molecule has 1 atom stereocenters. The van der Waals surface area contributed by atoms with Crippen LogP contribution in [-0.2, 0) is 6.42 Å². The maximum absolute atomic E-state index is 4.38. The molecule has 6 heteroatoms. The van der Waals surface area contributed by atoms with Crippen molar-refractivity contribution in [3.63, 3.8) is 0 Å². The molecular weight excluding hydrogens is 384 g/mol. The minimum Gasteiger partial charge on any atom is -0.313 e. The van der Waals surface area contributed by atoms with Crippen molar-refractivity contribution in [2.24, 2.45) is 0 Å². The summed E-state index contributed by atoms with van der Waals surface area (Å²) < 4.78 is 4.09. The third-order valence-corrected chi connectivity index (χ3v) is 4.07. The Morgan fingerprint density at radius 2 is 1.85 bits per heavy atom. The van der Waals surface area contributed by atoms with Gasteiger partial charge in [-0.3, -0.25) is 0 Å². The molecule has 20 heavy (non-hydrogen) atoms. The molecule has 0 aliphatic carbocycles. The zero-order chi connectivity index (χ0) is 14.7. The van der Waals surface area contributed by atoms with Gasteiger partial charge in [-0.25, -0.2) is 9.67 Å². The van der Waals surface area contributed by atoms with E-state index in [4.69, 9.17) is 0 Å². The molecule has 1 aromatic heterocycles. The van der Waals surface area contributed by atoms with Crippen LogP contribution in [0.3, 0.4) is 0 Å². The summed E-state index contributed by atoms with van der Waals surface area (Å²) in [5.74, 6) is 0.996. The molecule has 1 unspecified atom stereocenters. The molecule has 1 N–H and O–H groups in total. The molecule has 2 rings (SSSR count). The predicted octanol–water partition coefficient (Wildman–Crippen LogP) is 3.89. The topological polar surface area (TPSA) is 42.7 Å². The normalized spacial score (nSPS) is 12.9. The summed E-state index contributed by atoms with van der Waals surface area (Å²) in [5, 5.41) is 7.65. The fourth-order valence-electron chi connectivity index (χ4n) is 2.20. The Morgan fingerprint density at radius 1 is 1.20 bits per heavy atom. The summed E-state index contributed by atoms with van der Waals surface area (Å²) >= 11 is 7.07. The Kier molecular flexibility index (Phi) is 5.35. The zero-order valence-corrected chi connectivity index (χ0v) is 14.9. The van der Waals surface area contributed by atoms with E-state index in [-0.39, 0.29) is 6.04 Å². The van der Waals surface area contributed by atoms with Crippen LogP contribution in [0.15, 0.2) is 33.5 Å². The molecule has 0 fully saturated rings. The lowest BCUT2D eigenvalue weighted by molar-refractivity contribution is 0.478. The van der Waals surface area contributed by atoms with Crippen LogP contribution in [0.5, 0.6) is 0 Å². The number of nitrogens with one attached hydrogen (secondary N) is 1. The van der Waals surface area contributed by atoms with E-state index >= 15 is 0 Å². The van der Waals surface area contributed by atoms with Crippen LogP contribution in [0, 0.1) is 0 Å². The zero-order valence-electron chi connectivity index (χ0n) is 11.8. The number of halogens is 2. The number of hydrogen-bond donors (Lipinski definition) is 1. The average Bonchev–Trinajstić information content (AvgIpc) is 2.82. The van der Waals surface area contributed by atoms with Crippen molar-refractivity contribution < 1.29 is 0 Å². The number of aromatic nitrogens is 3. The SMILES string of the molecule is CNC(Cc1ncnn1C(C)C)c1cc(Br)cc(Br)c1. The van der Waals surface area contributed by atoms with Gasteiger partial charge in [0.15, 0.2) is 0 Å². The van der Waals surface area contributed by atoms with Crippen LogP contribution in [0.1, 0.15) is 37.3 Å². The highest BCUT2D eigenvalue weighted by Crippen LogP contribution is 2.26. The first-order chi connectivity index (χ1) is 9.51. The van der Waals surface area contributed by atoms with Crippen LogP contribution in [0.2, 0.25) is 0 Å². The summed E-state index contributed by atoms with van der Waals surface area (Å²) in [6, 6.07) is 6.81. The van der Waals surface area contributed by atoms with Crippen molar-refractivity contribution in [2.75, 3.05) is 7.05 Å². The van der Waals surface area contributed by atoms with Crippen molar-refractivity contribution in [2.45, 2.75) is 32.4 Å². The molecule has 4 nitrogen and oxygen atoms in total. The summed E-state index contributed by atoms with van der Waals surface area (Å²) in [7, 11) is 1.97. The molecule has 0 saturated heterocycles. The quantitative estimate of drug-likeness (QED) is 0.826. The van der Waals surface area contributed by atoms with E-state index in [1.54, 1.807) is 6.33 Å². The van der Waals surface area contributed by atoms with E-state index in [0.29, 0.717) is 6.04 Å². The molecule has 0 bridgehead atoms. The van der Waals surface area contributed by atoms with Crippen molar-refractivity contribution in [3.05, 3.63) is 44.9 Å². The summed E-state index contributed by atoms with van der Waals surface area (Å²) in [6.07, 6.45) is 2.43. The molecular formula is C14H18Br2N4.